The summed E-state index contributed by atoms with van der Waals surface area (Å²) in [6.07, 6.45) is 9.67. The Bertz CT molecular complexity index is 873. The first kappa shape index (κ1) is 16.9. The molecule has 1 aliphatic heterocycles. The number of anilines is 1. The third-order valence-electron chi connectivity index (χ3n) is 4.96. The topological polar surface area (TPSA) is 79.6 Å². The van der Waals surface area contributed by atoms with E-state index in [0.717, 1.165) is 17.8 Å². The Morgan fingerprint density at radius 1 is 1.19 bits per heavy atom. The molecule has 132 valence electrons. The number of nitrogens with one attached hydrogen (secondary N) is 1. The number of amides is 1. The van der Waals surface area contributed by atoms with Crippen molar-refractivity contribution in [2.75, 3.05) is 5.32 Å². The average molecular weight is 365 g/mol. The van der Waals surface area contributed by atoms with Gasteiger partial charge < -0.3 is 5.32 Å². The van der Waals surface area contributed by atoms with Gasteiger partial charge in [0.1, 0.15) is 5.01 Å². The van der Waals surface area contributed by atoms with Gasteiger partial charge in [-0.15, -0.1) is 22.5 Å². The van der Waals surface area contributed by atoms with Crippen molar-refractivity contribution in [3.63, 3.8) is 0 Å². The highest BCUT2D eigenvalue weighted by Gasteiger charge is 2.49. The molecule has 0 unspecified atom stereocenters. The first-order chi connectivity index (χ1) is 12.7. The van der Waals surface area contributed by atoms with Crippen molar-refractivity contribution in [2.24, 2.45) is 10.2 Å². The fourth-order valence-corrected chi connectivity index (χ4v) is 4.17. The first-order valence-corrected chi connectivity index (χ1v) is 9.54. The summed E-state index contributed by atoms with van der Waals surface area (Å²) in [6.45, 7) is 0. The zero-order valence-electron chi connectivity index (χ0n) is 14.3. The summed E-state index contributed by atoms with van der Waals surface area (Å²) in [5.74, 6) is 2.50. The number of hydrogen-bond acceptors (Lipinski definition) is 6. The van der Waals surface area contributed by atoms with Crippen molar-refractivity contribution in [1.29, 1.82) is 0 Å². The molecule has 4 rings (SSSR count). The number of carbonyl (C=O) groups is 1. The highest BCUT2D eigenvalue weighted by Crippen LogP contribution is 2.54. The van der Waals surface area contributed by atoms with E-state index in [1.807, 2.05) is 18.2 Å². The number of carbonyl (C=O) groups excluding carboxylic acids is 1. The summed E-state index contributed by atoms with van der Waals surface area (Å²) in [5, 5.41) is 21.0. The van der Waals surface area contributed by atoms with Crippen LogP contribution in [0.2, 0.25) is 0 Å². The van der Waals surface area contributed by atoms with Gasteiger partial charge in [0.25, 0.3) is 0 Å². The van der Waals surface area contributed by atoms with Gasteiger partial charge in [-0.25, -0.2) is 0 Å². The van der Waals surface area contributed by atoms with Crippen LogP contribution in [0.5, 0.6) is 0 Å². The zero-order chi connectivity index (χ0) is 18.0. The van der Waals surface area contributed by atoms with E-state index in [4.69, 9.17) is 6.42 Å². The van der Waals surface area contributed by atoms with Gasteiger partial charge in [0.05, 0.1) is 0 Å². The van der Waals surface area contributed by atoms with E-state index < -0.39 is 5.66 Å². The molecule has 2 aromatic rings. The van der Waals surface area contributed by atoms with Crippen molar-refractivity contribution in [1.82, 2.24) is 10.2 Å². The molecule has 2 aliphatic rings. The molecule has 1 fully saturated rings. The minimum Gasteiger partial charge on any atom is -0.301 e. The monoisotopic (exact) mass is 365 g/mol. The van der Waals surface area contributed by atoms with Crippen LogP contribution in [0.3, 0.4) is 0 Å². The van der Waals surface area contributed by atoms with Gasteiger partial charge in [0, 0.05) is 31.1 Å². The number of hydrogen-bond donors (Lipinski definition) is 1. The Balaban J connectivity index is 1.34. The molecular weight excluding hydrogens is 346 g/mol. The molecule has 0 atom stereocenters. The highest BCUT2D eigenvalue weighted by molar-refractivity contribution is 7.15. The van der Waals surface area contributed by atoms with Crippen LogP contribution < -0.4 is 5.32 Å². The molecule has 1 saturated carbocycles. The molecule has 0 spiro atoms. The van der Waals surface area contributed by atoms with Gasteiger partial charge in [0.15, 0.2) is 5.66 Å². The first-order valence-electron chi connectivity index (χ1n) is 8.73. The number of benzene rings is 1. The van der Waals surface area contributed by atoms with Crippen LogP contribution in [0.1, 0.15) is 49.1 Å². The molecule has 26 heavy (non-hydrogen) atoms. The maximum absolute atomic E-state index is 12.2. The molecule has 6 nitrogen and oxygen atoms in total. The standard InChI is InChI=1S/C19H19N5OS/c1-2-3-10-19(23-24-19)11-9-15(25)20-17-22-21-16(26-17)18(12-13-18)14-7-5-4-6-8-14/h1,4-8H,3,9-13H2,(H,20,22,25). The summed E-state index contributed by atoms with van der Waals surface area (Å²) < 4.78 is 0. The van der Waals surface area contributed by atoms with Crippen LogP contribution in [-0.4, -0.2) is 21.8 Å². The molecule has 1 aromatic heterocycles. The molecule has 0 radical (unpaired) electrons. The van der Waals surface area contributed by atoms with E-state index in [1.165, 1.54) is 16.9 Å². The molecule has 7 heteroatoms. The zero-order valence-corrected chi connectivity index (χ0v) is 15.1. The number of aromatic nitrogens is 2. The van der Waals surface area contributed by atoms with Crippen molar-refractivity contribution in [2.45, 2.75) is 49.6 Å². The fraction of sp³-hybridized carbons (Fsp3) is 0.421. The maximum Gasteiger partial charge on any atom is 0.226 e. The van der Waals surface area contributed by atoms with Crippen LogP contribution >= 0.6 is 11.3 Å². The molecule has 0 saturated heterocycles. The van der Waals surface area contributed by atoms with Crippen LogP contribution in [0.4, 0.5) is 5.13 Å². The smallest absolute Gasteiger partial charge is 0.226 e. The highest BCUT2D eigenvalue weighted by atomic mass is 32.1. The Kier molecular flexibility index (Phi) is 4.29. The third-order valence-corrected chi connectivity index (χ3v) is 6.00. The second-order valence-corrected chi connectivity index (χ2v) is 7.77. The van der Waals surface area contributed by atoms with Gasteiger partial charge in [0.2, 0.25) is 11.0 Å². The molecule has 1 N–H and O–H groups in total. The normalized spacial score (nSPS) is 18.1. The minimum atomic E-state index is -0.429. The van der Waals surface area contributed by atoms with Gasteiger partial charge in [-0.2, -0.15) is 10.2 Å². The third kappa shape index (κ3) is 3.37. The number of rotatable bonds is 8. The second-order valence-electron chi connectivity index (χ2n) is 6.80. The van der Waals surface area contributed by atoms with Crippen molar-refractivity contribution in [3.05, 3.63) is 40.9 Å². The lowest BCUT2D eigenvalue weighted by molar-refractivity contribution is -0.116. The lowest BCUT2D eigenvalue weighted by Gasteiger charge is -2.11. The van der Waals surface area contributed by atoms with Gasteiger partial charge in [-0.3, -0.25) is 4.79 Å². The predicted octanol–water partition coefficient (Wildman–Crippen LogP) is 3.91. The Hall–Kier alpha value is -2.59. The van der Waals surface area contributed by atoms with E-state index in [-0.39, 0.29) is 11.3 Å². The van der Waals surface area contributed by atoms with E-state index in [9.17, 15) is 4.79 Å². The summed E-state index contributed by atoms with van der Waals surface area (Å²) in [7, 11) is 0. The fourth-order valence-electron chi connectivity index (χ4n) is 3.14. The van der Waals surface area contributed by atoms with E-state index in [2.05, 4.69) is 43.8 Å². The summed E-state index contributed by atoms with van der Waals surface area (Å²) in [5.41, 5.74) is 0.815. The second kappa shape index (κ2) is 6.61. The van der Waals surface area contributed by atoms with E-state index in [1.54, 1.807) is 0 Å². The minimum absolute atomic E-state index is 0.0209. The quantitative estimate of drug-likeness (QED) is 0.720. The van der Waals surface area contributed by atoms with Crippen LogP contribution in [0.15, 0.2) is 40.6 Å². The van der Waals surface area contributed by atoms with E-state index >= 15 is 0 Å². The average Bonchev–Trinajstić information content (AvgIpc) is 3.59. The van der Waals surface area contributed by atoms with Crippen molar-refractivity contribution < 1.29 is 4.79 Å². The molecule has 1 amide bonds. The SMILES string of the molecule is C#CCCC1(CCC(=O)Nc2nnc(C3(c4ccccc4)CC3)s2)N=N1. The maximum atomic E-state index is 12.2. The summed E-state index contributed by atoms with van der Waals surface area (Å²) >= 11 is 1.46. The largest absolute Gasteiger partial charge is 0.301 e. The molecular formula is C19H19N5OS. The number of nitrogens with zero attached hydrogens (tertiary/aromatic N) is 4. The van der Waals surface area contributed by atoms with Gasteiger partial charge in [-0.1, -0.05) is 41.7 Å². The van der Waals surface area contributed by atoms with Crippen LogP contribution in [0.25, 0.3) is 0 Å². The van der Waals surface area contributed by atoms with Crippen LogP contribution in [-0.2, 0) is 10.2 Å². The predicted molar refractivity (Wildman–Crippen MR) is 99.9 cm³/mol. The molecule has 2 heterocycles. The van der Waals surface area contributed by atoms with Crippen molar-refractivity contribution in [3.8, 4) is 12.3 Å². The van der Waals surface area contributed by atoms with E-state index in [0.29, 0.717) is 30.8 Å². The Labute approximate surface area is 156 Å². The van der Waals surface area contributed by atoms with Gasteiger partial charge >= 0.3 is 0 Å². The lowest BCUT2D eigenvalue weighted by Crippen LogP contribution is -2.17. The molecule has 1 aromatic carbocycles. The Morgan fingerprint density at radius 2 is 1.96 bits per heavy atom. The number of terminal acetylenes is 1. The van der Waals surface area contributed by atoms with Gasteiger partial charge in [-0.05, 0) is 18.4 Å². The van der Waals surface area contributed by atoms with Crippen molar-refractivity contribution >= 4 is 22.4 Å². The summed E-state index contributed by atoms with van der Waals surface area (Å²) in [6, 6.07) is 10.4. The summed E-state index contributed by atoms with van der Waals surface area (Å²) in [4.78, 5) is 12.2. The lowest BCUT2D eigenvalue weighted by atomic mass is 9.97. The molecule has 0 bridgehead atoms. The molecule has 1 aliphatic carbocycles. The van der Waals surface area contributed by atoms with Crippen LogP contribution in [0, 0.1) is 12.3 Å². The Morgan fingerprint density at radius 3 is 2.62 bits per heavy atom.